The SMILES string of the molecule is CCNC(=NCC(C)Oc1cccc(C)c1)NCCc1cnn(C)c1.I. The number of guanidine groups is 1. The van der Waals surface area contributed by atoms with Crippen LogP contribution in [0, 0.1) is 6.92 Å². The van der Waals surface area contributed by atoms with Crippen LogP contribution in [-0.2, 0) is 13.5 Å². The Labute approximate surface area is 173 Å². The zero-order valence-corrected chi connectivity index (χ0v) is 18.4. The zero-order chi connectivity index (χ0) is 18.1. The van der Waals surface area contributed by atoms with E-state index >= 15 is 0 Å². The Morgan fingerprint density at radius 2 is 2.15 bits per heavy atom. The number of rotatable bonds is 8. The number of nitrogens with one attached hydrogen (secondary N) is 2. The van der Waals surface area contributed by atoms with E-state index in [-0.39, 0.29) is 30.1 Å². The normalized spacial score (nSPS) is 12.2. The number of aromatic nitrogens is 2. The van der Waals surface area contributed by atoms with Gasteiger partial charge < -0.3 is 15.4 Å². The van der Waals surface area contributed by atoms with Crippen LogP contribution in [0.5, 0.6) is 5.75 Å². The molecule has 0 saturated heterocycles. The maximum absolute atomic E-state index is 5.93. The Morgan fingerprint density at radius 3 is 2.81 bits per heavy atom. The average molecular weight is 471 g/mol. The first kappa shape index (κ1) is 22.3. The third-order valence-corrected chi connectivity index (χ3v) is 3.64. The number of ether oxygens (including phenoxy) is 1. The van der Waals surface area contributed by atoms with Gasteiger partial charge in [0.1, 0.15) is 11.9 Å². The van der Waals surface area contributed by atoms with Crippen LogP contribution in [0.4, 0.5) is 0 Å². The minimum absolute atomic E-state index is 0. The first-order valence-electron chi connectivity index (χ1n) is 8.80. The van der Waals surface area contributed by atoms with Crippen molar-refractivity contribution in [2.24, 2.45) is 12.0 Å². The van der Waals surface area contributed by atoms with E-state index in [9.17, 15) is 0 Å². The first-order valence-corrected chi connectivity index (χ1v) is 8.80. The predicted octanol–water partition coefficient (Wildman–Crippen LogP) is 2.91. The zero-order valence-electron chi connectivity index (χ0n) is 16.0. The van der Waals surface area contributed by atoms with E-state index in [0.717, 1.165) is 31.2 Å². The van der Waals surface area contributed by atoms with Gasteiger partial charge in [-0.05, 0) is 50.5 Å². The van der Waals surface area contributed by atoms with Crippen LogP contribution in [0.2, 0.25) is 0 Å². The highest BCUT2D eigenvalue weighted by molar-refractivity contribution is 14.0. The van der Waals surface area contributed by atoms with E-state index in [1.165, 1.54) is 11.1 Å². The molecule has 1 heterocycles. The maximum atomic E-state index is 5.93. The molecule has 2 aromatic rings. The lowest BCUT2D eigenvalue weighted by molar-refractivity contribution is 0.230. The van der Waals surface area contributed by atoms with Gasteiger partial charge in [0, 0.05) is 26.3 Å². The number of benzene rings is 1. The van der Waals surface area contributed by atoms with Crippen molar-refractivity contribution in [3.63, 3.8) is 0 Å². The molecule has 1 atom stereocenters. The molecule has 26 heavy (non-hydrogen) atoms. The molecule has 2 rings (SSSR count). The smallest absolute Gasteiger partial charge is 0.191 e. The molecule has 144 valence electrons. The van der Waals surface area contributed by atoms with Gasteiger partial charge in [0.15, 0.2) is 5.96 Å². The van der Waals surface area contributed by atoms with Crippen LogP contribution < -0.4 is 15.4 Å². The summed E-state index contributed by atoms with van der Waals surface area (Å²) in [4.78, 5) is 4.62. The van der Waals surface area contributed by atoms with Gasteiger partial charge in [-0.1, -0.05) is 12.1 Å². The summed E-state index contributed by atoms with van der Waals surface area (Å²) in [6, 6.07) is 8.08. The van der Waals surface area contributed by atoms with E-state index in [1.54, 1.807) is 0 Å². The second-order valence-corrected chi connectivity index (χ2v) is 6.16. The lowest BCUT2D eigenvalue weighted by Crippen LogP contribution is -2.39. The van der Waals surface area contributed by atoms with Gasteiger partial charge >= 0.3 is 0 Å². The molecular formula is C19H30IN5O. The fourth-order valence-electron chi connectivity index (χ4n) is 2.45. The lowest BCUT2D eigenvalue weighted by atomic mass is 10.2. The molecule has 0 radical (unpaired) electrons. The van der Waals surface area contributed by atoms with Crippen molar-refractivity contribution in [3.05, 3.63) is 47.8 Å². The third-order valence-electron chi connectivity index (χ3n) is 3.64. The number of hydrogen-bond acceptors (Lipinski definition) is 3. The highest BCUT2D eigenvalue weighted by Crippen LogP contribution is 2.14. The molecule has 1 aromatic heterocycles. The summed E-state index contributed by atoms with van der Waals surface area (Å²) in [6.45, 7) is 8.38. The van der Waals surface area contributed by atoms with E-state index in [0.29, 0.717) is 6.54 Å². The van der Waals surface area contributed by atoms with Crippen LogP contribution in [0.1, 0.15) is 25.0 Å². The standard InChI is InChI=1S/C19H29N5O.HI/c1-5-20-19(21-10-9-17-13-23-24(4)14-17)22-12-16(3)25-18-8-6-7-15(2)11-18;/h6-8,11,13-14,16H,5,9-10,12H2,1-4H3,(H2,20,21,22);1H. The molecule has 6 nitrogen and oxygen atoms in total. The molecule has 2 N–H and O–H groups in total. The van der Waals surface area contributed by atoms with Gasteiger partial charge in [0.25, 0.3) is 0 Å². The first-order chi connectivity index (χ1) is 12.1. The van der Waals surface area contributed by atoms with E-state index < -0.39 is 0 Å². The fourth-order valence-corrected chi connectivity index (χ4v) is 2.45. The fraction of sp³-hybridized carbons (Fsp3) is 0.474. The van der Waals surface area contributed by atoms with Crippen molar-refractivity contribution in [3.8, 4) is 5.75 Å². The summed E-state index contributed by atoms with van der Waals surface area (Å²) >= 11 is 0. The Balaban J connectivity index is 0.00000338. The molecule has 0 fully saturated rings. The second-order valence-electron chi connectivity index (χ2n) is 6.16. The number of aryl methyl sites for hydroxylation is 2. The predicted molar refractivity (Wildman–Crippen MR) is 118 cm³/mol. The Bertz CT molecular complexity index is 686. The minimum atomic E-state index is 0. The van der Waals surface area contributed by atoms with Crippen molar-refractivity contribution in [1.82, 2.24) is 20.4 Å². The number of aliphatic imine (C=N–C) groups is 1. The summed E-state index contributed by atoms with van der Waals surface area (Å²) in [5.41, 5.74) is 2.40. The second kappa shape index (κ2) is 11.8. The molecule has 0 aliphatic rings. The molecule has 1 aromatic carbocycles. The largest absolute Gasteiger partial charge is 0.489 e. The molecule has 1 unspecified atom stereocenters. The number of nitrogens with zero attached hydrogens (tertiary/aromatic N) is 3. The third kappa shape index (κ3) is 8.07. The molecule has 0 aliphatic carbocycles. The van der Waals surface area contributed by atoms with E-state index in [4.69, 9.17) is 4.74 Å². The summed E-state index contributed by atoms with van der Waals surface area (Å²) in [7, 11) is 1.93. The van der Waals surface area contributed by atoms with Crippen molar-refractivity contribution in [2.75, 3.05) is 19.6 Å². The van der Waals surface area contributed by atoms with Crippen molar-refractivity contribution < 1.29 is 4.74 Å². The summed E-state index contributed by atoms with van der Waals surface area (Å²) < 4.78 is 7.74. The molecule has 0 spiro atoms. The highest BCUT2D eigenvalue weighted by atomic mass is 127. The van der Waals surface area contributed by atoms with Gasteiger partial charge in [-0.15, -0.1) is 24.0 Å². The topological polar surface area (TPSA) is 63.5 Å². The van der Waals surface area contributed by atoms with Gasteiger partial charge in [-0.3, -0.25) is 4.68 Å². The molecule has 0 saturated carbocycles. The van der Waals surface area contributed by atoms with Gasteiger partial charge in [0.2, 0.25) is 0 Å². The van der Waals surface area contributed by atoms with Crippen LogP contribution in [0.25, 0.3) is 0 Å². The van der Waals surface area contributed by atoms with Gasteiger partial charge in [-0.2, -0.15) is 5.10 Å². The van der Waals surface area contributed by atoms with E-state index in [1.807, 2.05) is 49.2 Å². The Morgan fingerprint density at radius 1 is 1.35 bits per heavy atom. The number of hydrogen-bond donors (Lipinski definition) is 2. The average Bonchev–Trinajstić information content (AvgIpc) is 2.98. The quantitative estimate of drug-likeness (QED) is 0.353. The molecule has 0 amide bonds. The summed E-state index contributed by atoms with van der Waals surface area (Å²) in [5.74, 6) is 1.70. The summed E-state index contributed by atoms with van der Waals surface area (Å²) in [6.07, 6.45) is 4.84. The van der Waals surface area contributed by atoms with Gasteiger partial charge in [0.05, 0.1) is 12.7 Å². The summed E-state index contributed by atoms with van der Waals surface area (Å²) in [5, 5.41) is 10.8. The molecule has 0 bridgehead atoms. The van der Waals surface area contributed by atoms with Crippen LogP contribution in [-0.4, -0.2) is 41.5 Å². The van der Waals surface area contributed by atoms with Crippen LogP contribution in [0.15, 0.2) is 41.7 Å². The monoisotopic (exact) mass is 471 g/mol. The van der Waals surface area contributed by atoms with Crippen molar-refractivity contribution >= 4 is 29.9 Å². The Kier molecular flexibility index (Phi) is 10.1. The highest BCUT2D eigenvalue weighted by Gasteiger charge is 2.05. The van der Waals surface area contributed by atoms with Crippen molar-refractivity contribution in [2.45, 2.75) is 33.3 Å². The maximum Gasteiger partial charge on any atom is 0.191 e. The van der Waals surface area contributed by atoms with E-state index in [2.05, 4.69) is 40.6 Å². The molecule has 0 aliphatic heterocycles. The van der Waals surface area contributed by atoms with Crippen LogP contribution >= 0.6 is 24.0 Å². The Hall–Kier alpha value is -1.77. The lowest BCUT2D eigenvalue weighted by Gasteiger charge is -2.15. The molecule has 7 heteroatoms. The number of halogens is 1. The van der Waals surface area contributed by atoms with Crippen LogP contribution in [0.3, 0.4) is 0 Å². The van der Waals surface area contributed by atoms with Crippen molar-refractivity contribution in [1.29, 1.82) is 0 Å². The van der Waals surface area contributed by atoms with Gasteiger partial charge in [-0.25, -0.2) is 4.99 Å². The molecular weight excluding hydrogens is 441 g/mol. The minimum Gasteiger partial charge on any atom is -0.489 e.